The lowest BCUT2D eigenvalue weighted by molar-refractivity contribution is 0.885. The predicted molar refractivity (Wildman–Crippen MR) is 84.7 cm³/mol. The first-order valence-corrected chi connectivity index (χ1v) is 7.06. The molecule has 20 heavy (non-hydrogen) atoms. The van der Waals surface area contributed by atoms with Gasteiger partial charge < -0.3 is 5.32 Å². The van der Waals surface area contributed by atoms with Gasteiger partial charge in [0.2, 0.25) is 0 Å². The Hall–Kier alpha value is -1.40. The van der Waals surface area contributed by atoms with Crippen molar-refractivity contribution in [2.45, 2.75) is 13.0 Å². The Bertz CT molecular complexity index is 677. The van der Waals surface area contributed by atoms with Crippen LogP contribution >= 0.6 is 34.8 Å². The fraction of sp³-hybridized carbons (Fsp3) is 0.133. The van der Waals surface area contributed by atoms with E-state index in [2.05, 4.69) is 5.32 Å². The van der Waals surface area contributed by atoms with Crippen LogP contribution in [0.1, 0.15) is 24.1 Å². The van der Waals surface area contributed by atoms with Crippen molar-refractivity contribution in [2.24, 2.45) is 0 Å². The Labute approximate surface area is 132 Å². The normalized spacial score (nSPS) is 11.8. The van der Waals surface area contributed by atoms with Gasteiger partial charge >= 0.3 is 0 Å². The number of rotatable bonds is 3. The van der Waals surface area contributed by atoms with E-state index >= 15 is 0 Å². The average Bonchev–Trinajstić information content (AvgIpc) is 2.40. The number of nitrogens with zero attached hydrogens (tertiary/aromatic N) is 1. The standard InChI is InChI=1S/C15H11Cl3N2/c1-9(12-4-3-11(16)7-13(12)17)20-15-5-2-10(8-19)6-14(15)18/h2-7,9,20H,1H3. The molecule has 2 nitrogen and oxygen atoms in total. The van der Waals surface area contributed by atoms with Gasteiger partial charge in [-0.2, -0.15) is 5.26 Å². The maximum absolute atomic E-state index is 8.82. The molecule has 0 aliphatic carbocycles. The molecule has 102 valence electrons. The Morgan fingerprint density at radius 2 is 1.80 bits per heavy atom. The van der Waals surface area contributed by atoms with Crippen molar-refractivity contribution in [1.82, 2.24) is 0 Å². The highest BCUT2D eigenvalue weighted by molar-refractivity contribution is 6.35. The van der Waals surface area contributed by atoms with E-state index < -0.39 is 0 Å². The van der Waals surface area contributed by atoms with Gasteiger partial charge in [-0.3, -0.25) is 0 Å². The second-order valence-corrected chi connectivity index (χ2v) is 5.59. The molecule has 0 fully saturated rings. The van der Waals surface area contributed by atoms with E-state index in [4.69, 9.17) is 40.1 Å². The molecule has 0 saturated carbocycles. The zero-order chi connectivity index (χ0) is 14.7. The predicted octanol–water partition coefficient (Wildman–Crippen LogP) is 5.69. The maximum atomic E-state index is 8.82. The highest BCUT2D eigenvalue weighted by atomic mass is 35.5. The molecule has 1 atom stereocenters. The lowest BCUT2D eigenvalue weighted by Crippen LogP contribution is -2.07. The monoisotopic (exact) mass is 324 g/mol. The Morgan fingerprint density at radius 3 is 2.40 bits per heavy atom. The number of benzene rings is 2. The summed E-state index contributed by atoms with van der Waals surface area (Å²) in [5.41, 5.74) is 2.21. The summed E-state index contributed by atoms with van der Waals surface area (Å²) in [4.78, 5) is 0. The van der Waals surface area contributed by atoms with Crippen molar-refractivity contribution in [1.29, 1.82) is 5.26 Å². The summed E-state index contributed by atoms with van der Waals surface area (Å²) in [7, 11) is 0. The molecule has 0 aliphatic heterocycles. The molecule has 5 heteroatoms. The van der Waals surface area contributed by atoms with Crippen molar-refractivity contribution >= 4 is 40.5 Å². The zero-order valence-corrected chi connectivity index (χ0v) is 12.9. The third-order valence-corrected chi connectivity index (χ3v) is 3.77. The van der Waals surface area contributed by atoms with Crippen LogP contribution in [0.2, 0.25) is 15.1 Å². The van der Waals surface area contributed by atoms with Crippen LogP contribution in [0.3, 0.4) is 0 Å². The number of hydrogen-bond acceptors (Lipinski definition) is 2. The summed E-state index contributed by atoms with van der Waals surface area (Å²) in [6, 6.07) is 12.5. The fourth-order valence-electron chi connectivity index (χ4n) is 1.87. The minimum Gasteiger partial charge on any atom is -0.377 e. The lowest BCUT2D eigenvalue weighted by atomic mass is 10.1. The Kier molecular flexibility index (Phi) is 4.77. The fourth-order valence-corrected chi connectivity index (χ4v) is 2.67. The smallest absolute Gasteiger partial charge is 0.0992 e. The number of nitrogens with one attached hydrogen (secondary N) is 1. The molecule has 0 amide bonds. The molecule has 2 aromatic carbocycles. The summed E-state index contributed by atoms with van der Waals surface area (Å²) < 4.78 is 0. The average molecular weight is 326 g/mol. The van der Waals surface area contributed by atoms with Gasteiger partial charge in [-0.1, -0.05) is 40.9 Å². The van der Waals surface area contributed by atoms with E-state index in [1.54, 1.807) is 30.3 Å². The van der Waals surface area contributed by atoms with Gasteiger partial charge in [0.15, 0.2) is 0 Å². The molecule has 0 aromatic heterocycles. The second-order valence-electron chi connectivity index (χ2n) is 4.34. The van der Waals surface area contributed by atoms with Gasteiger partial charge in [0.05, 0.1) is 28.4 Å². The molecule has 2 rings (SSSR count). The van der Waals surface area contributed by atoms with Gasteiger partial charge in [0.25, 0.3) is 0 Å². The number of anilines is 1. The third kappa shape index (κ3) is 3.37. The van der Waals surface area contributed by atoms with Crippen molar-refractivity contribution in [3.8, 4) is 6.07 Å². The van der Waals surface area contributed by atoms with Crippen LogP contribution < -0.4 is 5.32 Å². The van der Waals surface area contributed by atoms with E-state index in [-0.39, 0.29) is 6.04 Å². The first-order chi connectivity index (χ1) is 9.51. The van der Waals surface area contributed by atoms with Crippen LogP contribution in [0.5, 0.6) is 0 Å². The van der Waals surface area contributed by atoms with E-state index in [1.807, 2.05) is 19.1 Å². The summed E-state index contributed by atoms with van der Waals surface area (Å²) in [5, 5.41) is 13.8. The van der Waals surface area contributed by atoms with Crippen LogP contribution in [0.4, 0.5) is 5.69 Å². The van der Waals surface area contributed by atoms with Crippen LogP contribution in [0, 0.1) is 11.3 Å². The molecule has 2 aromatic rings. The number of hydrogen-bond donors (Lipinski definition) is 1. The van der Waals surface area contributed by atoms with Gasteiger partial charge in [0, 0.05) is 10.0 Å². The van der Waals surface area contributed by atoms with Crippen molar-refractivity contribution in [3.05, 3.63) is 62.6 Å². The van der Waals surface area contributed by atoms with Crippen molar-refractivity contribution in [3.63, 3.8) is 0 Å². The van der Waals surface area contributed by atoms with Gasteiger partial charge in [-0.25, -0.2) is 0 Å². The summed E-state index contributed by atoms with van der Waals surface area (Å²) in [6.45, 7) is 1.98. The molecule has 1 unspecified atom stereocenters. The Morgan fingerprint density at radius 1 is 1.05 bits per heavy atom. The van der Waals surface area contributed by atoms with Gasteiger partial charge in [0.1, 0.15) is 0 Å². The largest absolute Gasteiger partial charge is 0.377 e. The summed E-state index contributed by atoms with van der Waals surface area (Å²) in [5.74, 6) is 0. The SMILES string of the molecule is CC(Nc1ccc(C#N)cc1Cl)c1ccc(Cl)cc1Cl. The topological polar surface area (TPSA) is 35.8 Å². The van der Waals surface area contributed by atoms with Crippen LogP contribution in [0.25, 0.3) is 0 Å². The molecule has 0 radical (unpaired) electrons. The minimum absolute atomic E-state index is 0.0368. The molecule has 0 heterocycles. The first kappa shape index (κ1) is 15.0. The van der Waals surface area contributed by atoms with Crippen LogP contribution in [0.15, 0.2) is 36.4 Å². The van der Waals surface area contributed by atoms with Gasteiger partial charge in [-0.05, 0) is 42.8 Å². The highest BCUT2D eigenvalue weighted by Crippen LogP contribution is 2.31. The third-order valence-electron chi connectivity index (χ3n) is 2.90. The first-order valence-electron chi connectivity index (χ1n) is 5.92. The molecular weight excluding hydrogens is 315 g/mol. The van der Waals surface area contributed by atoms with E-state index in [0.29, 0.717) is 20.6 Å². The van der Waals surface area contributed by atoms with E-state index in [1.165, 1.54) is 0 Å². The number of halogens is 3. The van der Waals surface area contributed by atoms with Crippen molar-refractivity contribution < 1.29 is 0 Å². The molecule has 0 saturated heterocycles. The van der Waals surface area contributed by atoms with Crippen molar-refractivity contribution in [2.75, 3.05) is 5.32 Å². The minimum atomic E-state index is -0.0368. The molecule has 0 aliphatic rings. The highest BCUT2D eigenvalue weighted by Gasteiger charge is 2.11. The second kappa shape index (κ2) is 6.37. The quantitative estimate of drug-likeness (QED) is 0.786. The summed E-state index contributed by atoms with van der Waals surface area (Å²) in [6.07, 6.45) is 0. The van der Waals surface area contributed by atoms with E-state index in [0.717, 1.165) is 11.3 Å². The summed E-state index contributed by atoms with van der Waals surface area (Å²) >= 11 is 18.2. The van der Waals surface area contributed by atoms with Gasteiger partial charge in [-0.15, -0.1) is 0 Å². The van der Waals surface area contributed by atoms with Crippen LogP contribution in [-0.2, 0) is 0 Å². The molecule has 1 N–H and O–H groups in total. The van der Waals surface area contributed by atoms with Crippen LogP contribution in [-0.4, -0.2) is 0 Å². The maximum Gasteiger partial charge on any atom is 0.0992 e. The van der Waals surface area contributed by atoms with E-state index in [9.17, 15) is 0 Å². The molecule has 0 spiro atoms. The number of nitriles is 1. The lowest BCUT2D eigenvalue weighted by Gasteiger charge is -2.18. The Balaban J connectivity index is 2.23. The molecular formula is C15H11Cl3N2. The molecule has 0 bridgehead atoms. The zero-order valence-electron chi connectivity index (χ0n) is 10.6.